The van der Waals surface area contributed by atoms with Gasteiger partial charge in [-0.2, -0.15) is 0 Å². The van der Waals surface area contributed by atoms with Gasteiger partial charge in [0.2, 0.25) is 5.91 Å². The summed E-state index contributed by atoms with van der Waals surface area (Å²) in [7, 11) is 0. The van der Waals surface area contributed by atoms with E-state index in [1.165, 1.54) is 4.90 Å². The maximum atomic E-state index is 11.8. The van der Waals surface area contributed by atoms with E-state index in [9.17, 15) is 9.59 Å². The molecule has 0 unspecified atom stereocenters. The summed E-state index contributed by atoms with van der Waals surface area (Å²) in [4.78, 5) is 24.3. The van der Waals surface area contributed by atoms with Gasteiger partial charge in [-0.3, -0.25) is 4.79 Å². The Morgan fingerprint density at radius 3 is 2.76 bits per heavy atom. The first-order valence-corrected chi connectivity index (χ1v) is 6.28. The van der Waals surface area contributed by atoms with E-state index >= 15 is 0 Å². The van der Waals surface area contributed by atoms with E-state index in [2.05, 4.69) is 19.2 Å². The molecule has 0 saturated carbocycles. The summed E-state index contributed by atoms with van der Waals surface area (Å²) in [6.07, 6.45) is 2.58. The van der Waals surface area contributed by atoms with Crippen LogP contribution in [-0.2, 0) is 9.59 Å². The summed E-state index contributed by atoms with van der Waals surface area (Å²) in [5.41, 5.74) is 0. The third kappa shape index (κ3) is 4.34. The van der Waals surface area contributed by atoms with E-state index in [-0.39, 0.29) is 5.91 Å². The summed E-state index contributed by atoms with van der Waals surface area (Å²) in [5.74, 6) is -0.906. The number of carbonyl (C=O) groups excluding carboxylic acids is 1. The number of rotatable bonds is 6. The SMILES string of the molecule is CC(C)NCCCC(=O)N1CCC[C@H]1C(=O)O. The Labute approximate surface area is 102 Å². The van der Waals surface area contributed by atoms with Crippen LogP contribution in [0.2, 0.25) is 0 Å². The molecule has 0 aromatic carbocycles. The van der Waals surface area contributed by atoms with Crippen molar-refractivity contribution >= 4 is 11.9 Å². The third-order valence-corrected chi connectivity index (χ3v) is 2.98. The van der Waals surface area contributed by atoms with Crippen LogP contribution < -0.4 is 5.32 Å². The second-order valence-corrected chi connectivity index (χ2v) is 4.80. The minimum absolute atomic E-state index is 0.0274. The molecule has 0 radical (unpaired) electrons. The summed E-state index contributed by atoms with van der Waals surface area (Å²) in [6.45, 7) is 5.51. The molecule has 98 valence electrons. The van der Waals surface area contributed by atoms with E-state index in [1.807, 2.05) is 0 Å². The fourth-order valence-electron chi connectivity index (χ4n) is 2.10. The van der Waals surface area contributed by atoms with E-state index in [0.29, 0.717) is 25.4 Å². The average Bonchev–Trinajstić information content (AvgIpc) is 2.72. The maximum absolute atomic E-state index is 11.8. The van der Waals surface area contributed by atoms with Crippen molar-refractivity contribution in [3.8, 4) is 0 Å². The Bertz CT molecular complexity index is 279. The number of likely N-dealkylation sites (tertiary alicyclic amines) is 1. The van der Waals surface area contributed by atoms with Crippen molar-refractivity contribution in [2.75, 3.05) is 13.1 Å². The number of carboxylic acid groups (broad SMARTS) is 1. The van der Waals surface area contributed by atoms with Gasteiger partial charge in [0.15, 0.2) is 0 Å². The molecule has 5 heteroatoms. The zero-order valence-electron chi connectivity index (χ0n) is 10.6. The van der Waals surface area contributed by atoms with Crippen LogP contribution in [-0.4, -0.2) is 47.1 Å². The van der Waals surface area contributed by atoms with Gasteiger partial charge in [-0.05, 0) is 25.8 Å². The van der Waals surface area contributed by atoms with Gasteiger partial charge in [0, 0.05) is 19.0 Å². The molecule has 0 aliphatic carbocycles. The summed E-state index contributed by atoms with van der Waals surface area (Å²) < 4.78 is 0. The van der Waals surface area contributed by atoms with Gasteiger partial charge in [-0.15, -0.1) is 0 Å². The average molecular weight is 242 g/mol. The molecule has 1 heterocycles. The largest absolute Gasteiger partial charge is 0.480 e. The Hall–Kier alpha value is -1.10. The number of hydrogen-bond donors (Lipinski definition) is 2. The predicted octanol–water partition coefficient (Wildman–Crippen LogP) is 0.840. The van der Waals surface area contributed by atoms with Crippen molar-refractivity contribution in [1.29, 1.82) is 0 Å². The smallest absolute Gasteiger partial charge is 0.326 e. The number of aliphatic carboxylic acids is 1. The Balaban J connectivity index is 2.29. The van der Waals surface area contributed by atoms with Crippen LogP contribution in [0.3, 0.4) is 0 Å². The first-order chi connectivity index (χ1) is 8.02. The van der Waals surface area contributed by atoms with Crippen LogP contribution in [0.15, 0.2) is 0 Å². The van der Waals surface area contributed by atoms with Crippen molar-refractivity contribution in [2.24, 2.45) is 0 Å². The fraction of sp³-hybridized carbons (Fsp3) is 0.833. The van der Waals surface area contributed by atoms with Crippen LogP contribution in [0, 0.1) is 0 Å². The first kappa shape index (κ1) is 14.0. The molecule has 5 nitrogen and oxygen atoms in total. The van der Waals surface area contributed by atoms with Gasteiger partial charge in [-0.1, -0.05) is 13.8 Å². The van der Waals surface area contributed by atoms with Crippen LogP contribution >= 0.6 is 0 Å². The van der Waals surface area contributed by atoms with Crippen molar-refractivity contribution in [2.45, 2.75) is 51.6 Å². The van der Waals surface area contributed by atoms with Gasteiger partial charge in [0.1, 0.15) is 6.04 Å². The molecule has 1 atom stereocenters. The molecular weight excluding hydrogens is 220 g/mol. The molecule has 0 aromatic heterocycles. The molecule has 1 rings (SSSR count). The number of amides is 1. The minimum atomic E-state index is -0.879. The molecule has 1 aliphatic rings. The Kier molecular flexibility index (Phi) is 5.41. The first-order valence-electron chi connectivity index (χ1n) is 6.28. The van der Waals surface area contributed by atoms with Gasteiger partial charge in [0.05, 0.1) is 0 Å². The number of hydrogen-bond acceptors (Lipinski definition) is 3. The second kappa shape index (κ2) is 6.59. The molecule has 0 bridgehead atoms. The topological polar surface area (TPSA) is 69.6 Å². The number of carboxylic acids is 1. The second-order valence-electron chi connectivity index (χ2n) is 4.80. The molecule has 0 spiro atoms. The van der Waals surface area contributed by atoms with E-state index < -0.39 is 12.0 Å². The van der Waals surface area contributed by atoms with E-state index in [0.717, 1.165) is 19.4 Å². The monoisotopic (exact) mass is 242 g/mol. The predicted molar refractivity (Wildman–Crippen MR) is 64.7 cm³/mol. The van der Waals surface area contributed by atoms with Crippen LogP contribution in [0.4, 0.5) is 0 Å². The highest BCUT2D eigenvalue weighted by molar-refractivity contribution is 5.84. The maximum Gasteiger partial charge on any atom is 0.326 e. The molecule has 1 saturated heterocycles. The number of nitrogens with one attached hydrogen (secondary N) is 1. The molecule has 17 heavy (non-hydrogen) atoms. The molecule has 1 amide bonds. The van der Waals surface area contributed by atoms with Crippen molar-refractivity contribution in [1.82, 2.24) is 10.2 Å². The van der Waals surface area contributed by atoms with E-state index in [1.54, 1.807) is 0 Å². The Morgan fingerprint density at radius 1 is 1.47 bits per heavy atom. The standard InChI is InChI=1S/C12H22N2O3/c1-9(2)13-7-3-6-11(15)14-8-4-5-10(14)12(16)17/h9-10,13H,3-8H2,1-2H3,(H,16,17)/t10-/m0/s1. The van der Waals surface area contributed by atoms with Gasteiger partial charge in [0.25, 0.3) is 0 Å². The van der Waals surface area contributed by atoms with Gasteiger partial charge < -0.3 is 15.3 Å². The summed E-state index contributed by atoms with van der Waals surface area (Å²) in [5, 5.41) is 12.2. The highest BCUT2D eigenvalue weighted by atomic mass is 16.4. The molecular formula is C12H22N2O3. The van der Waals surface area contributed by atoms with Crippen molar-refractivity contribution < 1.29 is 14.7 Å². The van der Waals surface area contributed by atoms with Crippen molar-refractivity contribution in [3.63, 3.8) is 0 Å². The summed E-state index contributed by atoms with van der Waals surface area (Å²) >= 11 is 0. The fourth-order valence-corrected chi connectivity index (χ4v) is 2.10. The van der Waals surface area contributed by atoms with Crippen LogP contribution in [0.5, 0.6) is 0 Å². The normalized spacial score (nSPS) is 19.9. The van der Waals surface area contributed by atoms with Crippen molar-refractivity contribution in [3.05, 3.63) is 0 Å². The highest BCUT2D eigenvalue weighted by Gasteiger charge is 2.33. The van der Waals surface area contributed by atoms with Crippen LogP contribution in [0.1, 0.15) is 39.5 Å². The molecule has 2 N–H and O–H groups in total. The minimum Gasteiger partial charge on any atom is -0.480 e. The lowest BCUT2D eigenvalue weighted by molar-refractivity contribution is -0.148. The Morgan fingerprint density at radius 2 is 2.18 bits per heavy atom. The zero-order chi connectivity index (χ0) is 12.8. The summed E-state index contributed by atoms with van der Waals surface area (Å²) in [6, 6.07) is -0.177. The quantitative estimate of drug-likeness (QED) is 0.677. The number of nitrogens with zero attached hydrogens (tertiary/aromatic N) is 1. The molecule has 1 aliphatic heterocycles. The third-order valence-electron chi connectivity index (χ3n) is 2.98. The van der Waals surface area contributed by atoms with E-state index in [4.69, 9.17) is 5.11 Å². The highest BCUT2D eigenvalue weighted by Crippen LogP contribution is 2.18. The lowest BCUT2D eigenvalue weighted by Gasteiger charge is -2.21. The lowest BCUT2D eigenvalue weighted by atomic mass is 10.2. The lowest BCUT2D eigenvalue weighted by Crippen LogP contribution is -2.40. The van der Waals surface area contributed by atoms with Gasteiger partial charge >= 0.3 is 5.97 Å². The number of carbonyl (C=O) groups is 2. The molecule has 0 aromatic rings. The van der Waals surface area contributed by atoms with Gasteiger partial charge in [-0.25, -0.2) is 4.79 Å². The molecule has 1 fully saturated rings. The zero-order valence-corrected chi connectivity index (χ0v) is 10.6. The van der Waals surface area contributed by atoms with Crippen LogP contribution in [0.25, 0.3) is 0 Å².